The Balaban J connectivity index is 1.31. The number of nitrogens with one attached hydrogen (secondary N) is 1. The van der Waals surface area contributed by atoms with Gasteiger partial charge in [-0.3, -0.25) is 0 Å². The van der Waals surface area contributed by atoms with Gasteiger partial charge in [0.1, 0.15) is 0 Å². The van der Waals surface area contributed by atoms with Gasteiger partial charge < -0.3 is 5.41 Å². The van der Waals surface area contributed by atoms with E-state index in [9.17, 15) is 0 Å². The van der Waals surface area contributed by atoms with E-state index in [1.165, 1.54) is 64.3 Å². The first kappa shape index (κ1) is 23.6. The number of rotatable bonds is 6. The summed E-state index contributed by atoms with van der Waals surface area (Å²) in [5.74, 6) is 0.0169. The Morgan fingerprint density at radius 3 is 2.13 bits per heavy atom. The van der Waals surface area contributed by atoms with E-state index >= 15 is 0 Å². The van der Waals surface area contributed by atoms with Gasteiger partial charge in [0.25, 0.3) is 0 Å². The molecule has 0 radical (unpaired) electrons. The van der Waals surface area contributed by atoms with Crippen LogP contribution in [-0.2, 0) is 6.42 Å². The first-order chi connectivity index (χ1) is 19.3. The van der Waals surface area contributed by atoms with Crippen molar-refractivity contribution in [1.29, 1.82) is 5.41 Å². The zero-order valence-electron chi connectivity index (χ0n) is 21.5. The molecule has 1 atom stereocenters. The minimum Gasteiger partial charge on any atom is -0.312 e. The first-order valence-electron chi connectivity index (χ1n) is 13.4. The lowest BCUT2D eigenvalue weighted by atomic mass is 9.88. The van der Waals surface area contributed by atoms with E-state index in [1.54, 1.807) is 6.21 Å². The van der Waals surface area contributed by atoms with Gasteiger partial charge in [0.05, 0.1) is 0 Å². The molecule has 39 heavy (non-hydrogen) atoms. The predicted molar refractivity (Wildman–Crippen MR) is 169 cm³/mol. The largest absolute Gasteiger partial charge is 0.312 e. The summed E-state index contributed by atoms with van der Waals surface area (Å²) >= 11 is 1.88. The van der Waals surface area contributed by atoms with E-state index in [1.807, 2.05) is 17.4 Å². The highest BCUT2D eigenvalue weighted by atomic mass is 32.1. The first-order valence-corrected chi connectivity index (χ1v) is 14.2. The van der Waals surface area contributed by atoms with Crippen molar-refractivity contribution in [3.05, 3.63) is 145 Å². The Hall–Kier alpha value is -4.53. The van der Waals surface area contributed by atoms with Crippen molar-refractivity contribution in [2.75, 3.05) is 0 Å². The third kappa shape index (κ3) is 4.33. The van der Waals surface area contributed by atoms with Crippen LogP contribution in [0, 0.1) is 5.41 Å². The Morgan fingerprint density at radius 1 is 0.615 bits per heavy atom. The van der Waals surface area contributed by atoms with Crippen LogP contribution in [0.1, 0.15) is 17.0 Å². The van der Waals surface area contributed by atoms with Crippen molar-refractivity contribution >= 4 is 48.5 Å². The minimum atomic E-state index is 0.0169. The average Bonchev–Trinajstić information content (AvgIpc) is 3.40. The van der Waals surface area contributed by atoms with Crippen LogP contribution in [0.3, 0.4) is 0 Å². The Morgan fingerprint density at radius 2 is 1.31 bits per heavy atom. The highest BCUT2D eigenvalue weighted by Gasteiger charge is 2.18. The molecule has 1 unspecified atom stereocenters. The van der Waals surface area contributed by atoms with Crippen LogP contribution in [0.15, 0.2) is 133 Å². The second-order valence-electron chi connectivity index (χ2n) is 10.1. The lowest BCUT2D eigenvalue weighted by Gasteiger charge is -2.16. The molecule has 6 aromatic carbocycles. The third-order valence-electron chi connectivity index (χ3n) is 7.76. The van der Waals surface area contributed by atoms with Crippen LogP contribution >= 0.6 is 11.3 Å². The molecule has 186 valence electrons. The van der Waals surface area contributed by atoms with Crippen molar-refractivity contribution in [2.45, 2.75) is 12.3 Å². The zero-order valence-corrected chi connectivity index (χ0v) is 22.3. The maximum Gasteiger partial charge on any atom is 0.0436 e. The van der Waals surface area contributed by atoms with E-state index in [0.717, 1.165) is 6.42 Å². The maximum atomic E-state index is 8.33. The van der Waals surface area contributed by atoms with E-state index in [2.05, 4.69) is 127 Å². The predicted octanol–water partition coefficient (Wildman–Crippen LogP) is 10.5. The highest BCUT2D eigenvalue weighted by molar-refractivity contribution is 7.26. The van der Waals surface area contributed by atoms with Gasteiger partial charge in [0, 0.05) is 32.3 Å². The van der Waals surface area contributed by atoms with Crippen LogP contribution in [0.5, 0.6) is 0 Å². The van der Waals surface area contributed by atoms with Gasteiger partial charge in [-0.05, 0) is 62.7 Å². The molecule has 0 aliphatic carbocycles. The zero-order chi connectivity index (χ0) is 26.2. The van der Waals surface area contributed by atoms with E-state index in [4.69, 9.17) is 5.41 Å². The van der Waals surface area contributed by atoms with Crippen molar-refractivity contribution in [1.82, 2.24) is 0 Å². The van der Waals surface area contributed by atoms with Gasteiger partial charge in [0.15, 0.2) is 0 Å². The molecule has 0 aliphatic rings. The van der Waals surface area contributed by atoms with Crippen LogP contribution in [0.25, 0.3) is 53.2 Å². The van der Waals surface area contributed by atoms with Gasteiger partial charge in [-0.15, -0.1) is 11.3 Å². The average molecular weight is 518 g/mol. The van der Waals surface area contributed by atoms with Crippen LogP contribution in [0.2, 0.25) is 0 Å². The second-order valence-corrected chi connectivity index (χ2v) is 11.2. The van der Waals surface area contributed by atoms with Gasteiger partial charge in [0.2, 0.25) is 0 Å². The SMILES string of the molecule is N=CC(Cc1ccc(-c2ccc3ccccc3c2)c2sc3ccccc3c12)c1ccc(-c2ccccc2)cc1. The third-order valence-corrected chi connectivity index (χ3v) is 8.96. The number of hydrogen-bond donors (Lipinski definition) is 1. The standard InChI is InChI=1S/C37H27NS/c38-24-32(28-16-14-27(15-17-28)25-8-2-1-3-9-25)23-31-20-21-33(30-19-18-26-10-4-5-11-29(26)22-30)37-36(31)34-12-6-7-13-35(34)39-37/h1-22,24,32,38H,23H2. The molecular formula is C37H27NS. The van der Waals surface area contributed by atoms with E-state index in [0.29, 0.717) is 0 Å². The molecule has 0 amide bonds. The number of benzene rings is 6. The van der Waals surface area contributed by atoms with E-state index < -0.39 is 0 Å². The number of thiophene rings is 1. The molecule has 1 heterocycles. The normalized spacial score (nSPS) is 12.2. The monoisotopic (exact) mass is 517 g/mol. The van der Waals surface area contributed by atoms with E-state index in [-0.39, 0.29) is 5.92 Å². The maximum absolute atomic E-state index is 8.33. The summed E-state index contributed by atoms with van der Waals surface area (Å²) in [4.78, 5) is 0. The number of fused-ring (bicyclic) bond motifs is 4. The number of hydrogen-bond acceptors (Lipinski definition) is 2. The molecule has 1 nitrogen and oxygen atoms in total. The van der Waals surface area contributed by atoms with Crippen LogP contribution < -0.4 is 0 Å². The molecule has 0 fully saturated rings. The van der Waals surface area contributed by atoms with Gasteiger partial charge in [-0.1, -0.05) is 121 Å². The molecule has 0 spiro atoms. The fourth-order valence-corrected chi connectivity index (χ4v) is 7.00. The van der Waals surface area contributed by atoms with Crippen molar-refractivity contribution < 1.29 is 0 Å². The highest BCUT2D eigenvalue weighted by Crippen LogP contribution is 2.43. The molecule has 2 heteroatoms. The summed E-state index contributed by atoms with van der Waals surface area (Å²) in [6.07, 6.45) is 2.40. The summed E-state index contributed by atoms with van der Waals surface area (Å²) in [6, 6.07) is 47.8. The minimum absolute atomic E-state index is 0.0169. The molecule has 1 N–H and O–H groups in total. The second kappa shape index (κ2) is 9.98. The Labute approximate surface area is 232 Å². The molecule has 1 aromatic heterocycles. The van der Waals surface area contributed by atoms with Gasteiger partial charge >= 0.3 is 0 Å². The smallest absolute Gasteiger partial charge is 0.0436 e. The summed E-state index contributed by atoms with van der Waals surface area (Å²) in [5, 5.41) is 13.5. The van der Waals surface area contributed by atoms with Gasteiger partial charge in [-0.25, -0.2) is 0 Å². The topological polar surface area (TPSA) is 23.9 Å². The van der Waals surface area contributed by atoms with Crippen LogP contribution in [-0.4, -0.2) is 6.21 Å². The molecule has 7 aromatic rings. The van der Waals surface area contributed by atoms with Crippen LogP contribution in [0.4, 0.5) is 0 Å². The molecule has 0 saturated heterocycles. The van der Waals surface area contributed by atoms with Gasteiger partial charge in [-0.2, -0.15) is 0 Å². The molecule has 7 rings (SSSR count). The van der Waals surface area contributed by atoms with Crippen molar-refractivity contribution in [2.24, 2.45) is 0 Å². The lowest BCUT2D eigenvalue weighted by molar-refractivity contribution is 0.896. The summed E-state index contributed by atoms with van der Waals surface area (Å²) < 4.78 is 2.63. The molecule has 0 saturated carbocycles. The fourth-order valence-electron chi connectivity index (χ4n) is 5.71. The lowest BCUT2D eigenvalue weighted by Crippen LogP contribution is -2.04. The van der Waals surface area contributed by atoms with Crippen molar-refractivity contribution in [3.63, 3.8) is 0 Å². The Kier molecular flexibility index (Phi) is 6.03. The quantitative estimate of drug-likeness (QED) is 0.212. The van der Waals surface area contributed by atoms with Crippen molar-refractivity contribution in [3.8, 4) is 22.3 Å². The molecule has 0 bridgehead atoms. The summed E-state index contributed by atoms with van der Waals surface area (Å²) in [6.45, 7) is 0. The fraction of sp³-hybridized carbons (Fsp3) is 0.0541. The summed E-state index contributed by atoms with van der Waals surface area (Å²) in [7, 11) is 0. The molecule has 0 aliphatic heterocycles. The molecular weight excluding hydrogens is 490 g/mol. The Bertz CT molecular complexity index is 1950. The summed E-state index contributed by atoms with van der Waals surface area (Å²) in [5.41, 5.74) is 7.42.